The van der Waals surface area contributed by atoms with Crippen molar-refractivity contribution in [3.8, 4) is 11.3 Å². The Morgan fingerprint density at radius 3 is 2.58 bits per heavy atom. The van der Waals surface area contributed by atoms with Gasteiger partial charge in [-0.3, -0.25) is 4.79 Å². The van der Waals surface area contributed by atoms with Crippen LogP contribution in [0.15, 0.2) is 42.5 Å². The fourth-order valence-corrected chi connectivity index (χ4v) is 4.05. The molecular weight excluding hydrogens is 346 g/mol. The molecule has 4 nitrogen and oxygen atoms in total. The second kappa shape index (κ2) is 6.69. The second-order valence-electron chi connectivity index (χ2n) is 7.18. The molecule has 0 aliphatic carbocycles. The van der Waals surface area contributed by atoms with Crippen LogP contribution in [0.5, 0.6) is 0 Å². The highest BCUT2D eigenvalue weighted by molar-refractivity contribution is 6.20. The number of anilines is 1. The molecule has 0 bridgehead atoms. The van der Waals surface area contributed by atoms with Crippen molar-refractivity contribution >= 4 is 34.1 Å². The SMILES string of the molecule is CC(C)CC(Cl)c1ccc(-c2[nH]c3cccc4c3c2NCNC4=O)cc1. The number of H-pyrrole nitrogens is 1. The van der Waals surface area contributed by atoms with Crippen LogP contribution < -0.4 is 10.6 Å². The van der Waals surface area contributed by atoms with Crippen LogP contribution in [-0.2, 0) is 0 Å². The zero-order valence-corrected chi connectivity index (χ0v) is 15.7. The maximum absolute atomic E-state index is 12.3. The van der Waals surface area contributed by atoms with Crippen LogP contribution in [0, 0.1) is 5.92 Å². The second-order valence-corrected chi connectivity index (χ2v) is 7.71. The van der Waals surface area contributed by atoms with Crippen molar-refractivity contribution in [1.29, 1.82) is 0 Å². The minimum Gasteiger partial charge on any atom is -0.366 e. The Hall–Kier alpha value is -2.46. The molecule has 5 heteroatoms. The van der Waals surface area contributed by atoms with Crippen LogP contribution in [0.3, 0.4) is 0 Å². The number of nitrogens with one attached hydrogen (secondary N) is 3. The van der Waals surface area contributed by atoms with Gasteiger partial charge in [0.1, 0.15) is 0 Å². The fraction of sp³-hybridized carbons (Fsp3) is 0.286. The average Bonchev–Trinajstić information content (AvgIpc) is 2.90. The number of aromatic amines is 1. The largest absolute Gasteiger partial charge is 0.366 e. The first-order valence-corrected chi connectivity index (χ1v) is 9.39. The zero-order chi connectivity index (χ0) is 18.3. The summed E-state index contributed by atoms with van der Waals surface area (Å²) in [6.07, 6.45) is 0.956. The Morgan fingerprint density at radius 2 is 1.85 bits per heavy atom. The van der Waals surface area contributed by atoms with Gasteiger partial charge in [0, 0.05) is 16.5 Å². The van der Waals surface area contributed by atoms with Gasteiger partial charge in [-0.15, -0.1) is 11.6 Å². The van der Waals surface area contributed by atoms with E-state index >= 15 is 0 Å². The molecule has 1 unspecified atom stereocenters. The molecule has 1 amide bonds. The summed E-state index contributed by atoms with van der Waals surface area (Å²) in [6.45, 7) is 4.77. The van der Waals surface area contributed by atoms with E-state index in [1.807, 2.05) is 18.2 Å². The Balaban J connectivity index is 1.76. The molecule has 4 rings (SSSR count). The first-order chi connectivity index (χ1) is 12.5. The highest BCUT2D eigenvalue weighted by atomic mass is 35.5. The minimum atomic E-state index is -0.0542. The maximum Gasteiger partial charge on any atom is 0.253 e. The molecular formula is C21H22ClN3O. The molecule has 0 fully saturated rings. The number of alkyl halides is 1. The first-order valence-electron chi connectivity index (χ1n) is 8.95. The van der Waals surface area contributed by atoms with Crippen LogP contribution >= 0.6 is 11.6 Å². The standard InChI is InChI=1S/C21H22ClN3O/c1-12(2)10-16(22)13-6-8-14(9-7-13)19-20-18-15(21(26)24-11-23-20)4-3-5-17(18)25-19/h3-9,12,16,23,25H,10-11H2,1-2H3,(H,24,26). The highest BCUT2D eigenvalue weighted by Crippen LogP contribution is 2.38. The molecule has 0 saturated heterocycles. The number of aromatic nitrogens is 1. The van der Waals surface area contributed by atoms with Crippen molar-refractivity contribution in [3.63, 3.8) is 0 Å². The number of hydrogen-bond donors (Lipinski definition) is 3. The van der Waals surface area contributed by atoms with E-state index in [2.05, 4.69) is 53.7 Å². The topological polar surface area (TPSA) is 56.9 Å². The van der Waals surface area contributed by atoms with Gasteiger partial charge in [0.05, 0.1) is 29.0 Å². The van der Waals surface area contributed by atoms with Gasteiger partial charge >= 0.3 is 0 Å². The van der Waals surface area contributed by atoms with Crippen molar-refractivity contribution in [3.05, 3.63) is 53.6 Å². The maximum atomic E-state index is 12.3. The number of carbonyl (C=O) groups excluding carboxylic acids is 1. The van der Waals surface area contributed by atoms with E-state index in [0.29, 0.717) is 18.2 Å². The van der Waals surface area contributed by atoms with Crippen LogP contribution in [0.2, 0.25) is 0 Å². The third-order valence-corrected chi connectivity index (χ3v) is 5.25. The summed E-state index contributed by atoms with van der Waals surface area (Å²) < 4.78 is 0. The van der Waals surface area contributed by atoms with Crippen LogP contribution in [0.25, 0.3) is 22.2 Å². The molecule has 1 aliphatic rings. The summed E-state index contributed by atoms with van der Waals surface area (Å²) in [6, 6.07) is 14.1. The predicted molar refractivity (Wildman–Crippen MR) is 108 cm³/mol. The Kier molecular flexibility index (Phi) is 4.37. The summed E-state index contributed by atoms with van der Waals surface area (Å²) in [7, 11) is 0. The number of amides is 1. The van der Waals surface area contributed by atoms with Crippen LogP contribution in [0.4, 0.5) is 5.69 Å². The first kappa shape index (κ1) is 17.0. The third kappa shape index (κ3) is 2.95. The molecule has 0 saturated carbocycles. The summed E-state index contributed by atoms with van der Waals surface area (Å²) in [5, 5.41) is 7.19. The van der Waals surface area contributed by atoms with Crippen LogP contribution in [0.1, 0.15) is 41.6 Å². The van der Waals surface area contributed by atoms with E-state index < -0.39 is 0 Å². The molecule has 1 aromatic heterocycles. The lowest BCUT2D eigenvalue weighted by atomic mass is 10.00. The molecule has 0 radical (unpaired) electrons. The van der Waals surface area contributed by atoms with Gasteiger partial charge in [0.25, 0.3) is 5.91 Å². The Labute approximate surface area is 157 Å². The summed E-state index contributed by atoms with van der Waals surface area (Å²) in [4.78, 5) is 15.7. The molecule has 0 spiro atoms. The summed E-state index contributed by atoms with van der Waals surface area (Å²) in [5.74, 6) is 0.508. The van der Waals surface area contributed by atoms with Crippen LogP contribution in [-0.4, -0.2) is 17.6 Å². The van der Waals surface area contributed by atoms with Gasteiger partial charge < -0.3 is 15.6 Å². The fourth-order valence-electron chi connectivity index (χ4n) is 3.55. The lowest BCUT2D eigenvalue weighted by molar-refractivity contribution is 0.0959. The monoisotopic (exact) mass is 367 g/mol. The van der Waals surface area contributed by atoms with Crippen molar-refractivity contribution in [2.75, 3.05) is 12.0 Å². The number of benzene rings is 2. The summed E-state index contributed by atoms with van der Waals surface area (Å²) in [5.41, 5.74) is 5.81. The zero-order valence-electron chi connectivity index (χ0n) is 14.9. The van der Waals surface area contributed by atoms with Gasteiger partial charge in [-0.1, -0.05) is 44.2 Å². The van der Waals surface area contributed by atoms with Crippen molar-refractivity contribution in [2.45, 2.75) is 25.6 Å². The van der Waals surface area contributed by atoms with E-state index in [9.17, 15) is 4.79 Å². The van der Waals surface area contributed by atoms with Crippen molar-refractivity contribution < 1.29 is 4.79 Å². The third-order valence-electron chi connectivity index (χ3n) is 4.82. The lowest BCUT2D eigenvalue weighted by Gasteiger charge is -2.13. The van der Waals surface area contributed by atoms with Gasteiger partial charge in [0.15, 0.2) is 0 Å². The highest BCUT2D eigenvalue weighted by Gasteiger charge is 2.22. The minimum absolute atomic E-state index is 0.0277. The molecule has 3 aromatic rings. The molecule has 3 N–H and O–H groups in total. The quantitative estimate of drug-likeness (QED) is 0.550. The Morgan fingerprint density at radius 1 is 1.08 bits per heavy atom. The predicted octanol–water partition coefficient (Wildman–Crippen LogP) is 5.27. The number of rotatable bonds is 4. The molecule has 1 aliphatic heterocycles. The van der Waals surface area contributed by atoms with E-state index in [1.165, 1.54) is 0 Å². The summed E-state index contributed by atoms with van der Waals surface area (Å²) >= 11 is 6.52. The number of hydrogen-bond acceptors (Lipinski definition) is 2. The van der Waals surface area contributed by atoms with E-state index in [-0.39, 0.29) is 11.3 Å². The molecule has 134 valence electrons. The van der Waals surface area contributed by atoms with E-state index in [0.717, 1.165) is 39.8 Å². The molecule has 2 aromatic carbocycles. The van der Waals surface area contributed by atoms with Crippen molar-refractivity contribution in [1.82, 2.24) is 10.3 Å². The molecule has 26 heavy (non-hydrogen) atoms. The van der Waals surface area contributed by atoms with Gasteiger partial charge in [-0.05, 0) is 30.0 Å². The lowest BCUT2D eigenvalue weighted by Crippen LogP contribution is -2.26. The molecule has 1 atom stereocenters. The van der Waals surface area contributed by atoms with Crippen molar-refractivity contribution in [2.24, 2.45) is 5.92 Å². The smallest absolute Gasteiger partial charge is 0.253 e. The van der Waals surface area contributed by atoms with Gasteiger partial charge in [0.2, 0.25) is 0 Å². The number of carbonyl (C=O) groups is 1. The normalized spacial score (nSPS) is 14.8. The van der Waals surface area contributed by atoms with Gasteiger partial charge in [-0.25, -0.2) is 0 Å². The van der Waals surface area contributed by atoms with E-state index in [4.69, 9.17) is 11.6 Å². The Bertz CT molecular complexity index is 959. The van der Waals surface area contributed by atoms with E-state index in [1.54, 1.807) is 0 Å². The van der Waals surface area contributed by atoms with Gasteiger partial charge in [-0.2, -0.15) is 0 Å². The average molecular weight is 368 g/mol. The number of halogens is 1. The molecule has 2 heterocycles.